The van der Waals surface area contributed by atoms with Crippen LogP contribution in [0.4, 0.5) is 4.79 Å². The molecule has 1 aliphatic heterocycles. The van der Waals surface area contributed by atoms with Gasteiger partial charge in [-0.25, -0.2) is 4.79 Å². The number of ether oxygens (including phenoxy) is 2. The first-order valence-corrected chi connectivity index (χ1v) is 12.4. The number of benzene rings is 2. The molecule has 0 saturated carbocycles. The molecule has 1 saturated heterocycles. The first kappa shape index (κ1) is 27.1. The van der Waals surface area contributed by atoms with E-state index in [9.17, 15) is 4.79 Å². The molecule has 0 bridgehead atoms. The van der Waals surface area contributed by atoms with Crippen molar-refractivity contribution in [2.24, 2.45) is 0 Å². The monoisotopic (exact) mass is 481 g/mol. The van der Waals surface area contributed by atoms with Crippen molar-refractivity contribution in [3.63, 3.8) is 0 Å². The van der Waals surface area contributed by atoms with Gasteiger partial charge in [0.05, 0.1) is 17.7 Å². The maximum absolute atomic E-state index is 12.3. The van der Waals surface area contributed by atoms with Crippen LogP contribution in [0.1, 0.15) is 85.5 Å². The predicted molar refractivity (Wildman–Crippen MR) is 140 cm³/mol. The molecule has 2 aromatic carbocycles. The molecule has 0 aliphatic carbocycles. The molecule has 190 valence electrons. The molecule has 2 aromatic rings. The van der Waals surface area contributed by atoms with Crippen LogP contribution in [0.25, 0.3) is 0 Å². The highest BCUT2D eigenvalue weighted by Crippen LogP contribution is 2.36. The van der Waals surface area contributed by atoms with Gasteiger partial charge < -0.3 is 24.1 Å². The molecule has 3 rings (SSSR count). The molecule has 0 spiro atoms. The van der Waals surface area contributed by atoms with E-state index in [1.165, 1.54) is 5.56 Å². The first-order valence-electron chi connectivity index (χ1n) is 12.4. The molecule has 35 heavy (non-hydrogen) atoms. The van der Waals surface area contributed by atoms with Crippen molar-refractivity contribution in [2.75, 3.05) is 6.54 Å². The quantitative estimate of drug-likeness (QED) is 0.510. The second-order valence-electron chi connectivity index (χ2n) is 11.5. The molecule has 1 amide bonds. The van der Waals surface area contributed by atoms with Crippen LogP contribution in [0.15, 0.2) is 48.5 Å². The standard InChI is InChI=1S/C28H40BNO5/c1-19(2)20-10-12-21(13-11-20)24(18-30-25(31)33-26(3,4)5)32-23-16-14-22(15-17-23)29-34-27(6,7)28(8,9)35-29/h10-17,19,24H,18H2,1-9H3,(H,30,31). The highest BCUT2D eigenvalue weighted by atomic mass is 16.7. The van der Waals surface area contributed by atoms with E-state index in [4.69, 9.17) is 18.8 Å². The zero-order chi connectivity index (χ0) is 26.0. The third-order valence-electron chi connectivity index (χ3n) is 6.49. The Morgan fingerprint density at radius 3 is 1.91 bits per heavy atom. The van der Waals surface area contributed by atoms with Crippen LogP contribution in [0.2, 0.25) is 0 Å². The zero-order valence-corrected chi connectivity index (χ0v) is 22.6. The van der Waals surface area contributed by atoms with Crippen molar-refractivity contribution >= 4 is 18.7 Å². The number of rotatable bonds is 7. The molecular weight excluding hydrogens is 441 g/mol. The summed E-state index contributed by atoms with van der Waals surface area (Å²) in [6, 6.07) is 16.0. The molecule has 7 heteroatoms. The van der Waals surface area contributed by atoms with E-state index in [0.29, 0.717) is 11.7 Å². The fourth-order valence-electron chi connectivity index (χ4n) is 3.66. The lowest BCUT2D eigenvalue weighted by atomic mass is 9.79. The van der Waals surface area contributed by atoms with Gasteiger partial charge in [0.15, 0.2) is 0 Å². The van der Waals surface area contributed by atoms with Crippen LogP contribution >= 0.6 is 0 Å². The molecule has 1 unspecified atom stereocenters. The van der Waals surface area contributed by atoms with Gasteiger partial charge in [0, 0.05) is 0 Å². The minimum atomic E-state index is -0.567. The fraction of sp³-hybridized carbons (Fsp3) is 0.536. The maximum Gasteiger partial charge on any atom is 0.494 e. The molecule has 6 nitrogen and oxygen atoms in total. The Kier molecular flexibility index (Phi) is 7.92. The van der Waals surface area contributed by atoms with Crippen molar-refractivity contribution in [1.29, 1.82) is 0 Å². The van der Waals surface area contributed by atoms with Gasteiger partial charge in [-0.05, 0) is 83.1 Å². The van der Waals surface area contributed by atoms with Gasteiger partial charge >= 0.3 is 13.2 Å². The minimum Gasteiger partial charge on any atom is -0.484 e. The van der Waals surface area contributed by atoms with E-state index >= 15 is 0 Å². The van der Waals surface area contributed by atoms with E-state index in [-0.39, 0.29) is 12.6 Å². The van der Waals surface area contributed by atoms with E-state index in [2.05, 4.69) is 43.4 Å². The SMILES string of the molecule is CC(C)c1ccc(C(CNC(=O)OC(C)(C)C)Oc2ccc(B3OC(C)(C)C(C)(C)O3)cc2)cc1. The van der Waals surface area contributed by atoms with Crippen molar-refractivity contribution < 1.29 is 23.6 Å². The summed E-state index contributed by atoms with van der Waals surface area (Å²) in [4.78, 5) is 12.3. The van der Waals surface area contributed by atoms with Crippen molar-refractivity contribution in [3.05, 3.63) is 59.7 Å². The van der Waals surface area contributed by atoms with Crippen LogP contribution < -0.4 is 15.5 Å². The van der Waals surface area contributed by atoms with Crippen molar-refractivity contribution in [1.82, 2.24) is 5.32 Å². The number of hydrogen-bond donors (Lipinski definition) is 1. The highest BCUT2D eigenvalue weighted by molar-refractivity contribution is 6.62. The maximum atomic E-state index is 12.3. The topological polar surface area (TPSA) is 66.0 Å². The third-order valence-corrected chi connectivity index (χ3v) is 6.49. The first-order chi connectivity index (χ1) is 16.2. The van der Waals surface area contributed by atoms with Gasteiger partial charge in [0.25, 0.3) is 0 Å². The van der Waals surface area contributed by atoms with Crippen LogP contribution in [0.3, 0.4) is 0 Å². The summed E-state index contributed by atoms with van der Waals surface area (Å²) < 4.78 is 24.0. The summed E-state index contributed by atoms with van der Waals surface area (Å²) in [6.45, 7) is 18.3. The van der Waals surface area contributed by atoms with E-state index in [1.54, 1.807) is 0 Å². The summed E-state index contributed by atoms with van der Waals surface area (Å²) in [5.41, 5.74) is 1.80. The van der Waals surface area contributed by atoms with E-state index < -0.39 is 30.0 Å². The molecule has 0 radical (unpaired) electrons. The van der Waals surface area contributed by atoms with Gasteiger partial charge in [-0.3, -0.25) is 0 Å². The second-order valence-corrected chi connectivity index (χ2v) is 11.5. The average Bonchev–Trinajstić information content (AvgIpc) is 2.97. The van der Waals surface area contributed by atoms with Gasteiger partial charge in [0.2, 0.25) is 0 Å². The molecule has 1 fully saturated rings. The zero-order valence-electron chi connectivity index (χ0n) is 22.6. The fourth-order valence-corrected chi connectivity index (χ4v) is 3.66. The van der Waals surface area contributed by atoms with Crippen LogP contribution in [0.5, 0.6) is 5.75 Å². The van der Waals surface area contributed by atoms with Gasteiger partial charge in [-0.2, -0.15) is 0 Å². The normalized spacial score (nSPS) is 17.8. The Bertz CT molecular complexity index is 978. The molecule has 0 aromatic heterocycles. The van der Waals surface area contributed by atoms with Gasteiger partial charge in [-0.15, -0.1) is 0 Å². The largest absolute Gasteiger partial charge is 0.494 e. The Balaban J connectivity index is 1.74. The average molecular weight is 481 g/mol. The van der Waals surface area contributed by atoms with Crippen molar-refractivity contribution in [2.45, 2.75) is 91.1 Å². The van der Waals surface area contributed by atoms with Gasteiger partial charge in [0.1, 0.15) is 17.5 Å². The second kappa shape index (κ2) is 10.2. The number of carbonyl (C=O) groups excluding carboxylic acids is 1. The summed E-state index contributed by atoms with van der Waals surface area (Å²) >= 11 is 0. The number of carbonyl (C=O) groups is 1. The van der Waals surface area contributed by atoms with E-state index in [1.807, 2.05) is 72.7 Å². The summed E-state index contributed by atoms with van der Waals surface area (Å²) in [5, 5.41) is 2.84. The number of hydrogen-bond acceptors (Lipinski definition) is 5. The van der Waals surface area contributed by atoms with Crippen molar-refractivity contribution in [3.8, 4) is 5.75 Å². The van der Waals surface area contributed by atoms with Crippen LogP contribution in [-0.2, 0) is 14.0 Å². The van der Waals surface area contributed by atoms with Crippen LogP contribution in [0, 0.1) is 0 Å². The Morgan fingerprint density at radius 1 is 0.914 bits per heavy atom. The lowest BCUT2D eigenvalue weighted by Crippen LogP contribution is -2.41. The Labute approximate surface area is 210 Å². The Hall–Kier alpha value is -2.51. The number of amides is 1. The van der Waals surface area contributed by atoms with Gasteiger partial charge in [-0.1, -0.05) is 50.2 Å². The summed E-state index contributed by atoms with van der Waals surface area (Å²) in [5.74, 6) is 1.13. The summed E-state index contributed by atoms with van der Waals surface area (Å²) in [7, 11) is -0.428. The minimum absolute atomic E-state index is 0.273. The molecule has 1 atom stereocenters. The number of alkyl carbamates (subject to hydrolysis) is 1. The molecule has 1 heterocycles. The Morgan fingerprint density at radius 2 is 1.43 bits per heavy atom. The van der Waals surface area contributed by atoms with Crippen LogP contribution in [-0.4, -0.2) is 36.6 Å². The molecule has 1 aliphatic rings. The van der Waals surface area contributed by atoms with E-state index in [0.717, 1.165) is 11.0 Å². The lowest BCUT2D eigenvalue weighted by Gasteiger charge is -2.32. The molecular formula is C28H40BNO5. The molecule has 1 N–H and O–H groups in total. The highest BCUT2D eigenvalue weighted by Gasteiger charge is 2.51. The summed E-state index contributed by atoms with van der Waals surface area (Å²) in [6.07, 6.45) is -0.854. The third kappa shape index (κ3) is 7.02. The predicted octanol–water partition coefficient (Wildman–Crippen LogP) is 5.75. The smallest absolute Gasteiger partial charge is 0.484 e. The lowest BCUT2D eigenvalue weighted by molar-refractivity contribution is 0.00578. The number of nitrogens with one attached hydrogen (secondary N) is 1.